The monoisotopic (exact) mass is 374 g/mol. The van der Waals surface area contributed by atoms with Crippen LogP contribution in [0.25, 0.3) is 0 Å². The van der Waals surface area contributed by atoms with Crippen LogP contribution in [0.15, 0.2) is 23.8 Å². The molecule has 0 aromatic carbocycles. The van der Waals surface area contributed by atoms with Gasteiger partial charge in [-0.1, -0.05) is 44.6 Å². The molecular formula is C23H34S2. The van der Waals surface area contributed by atoms with Crippen LogP contribution in [-0.2, 0) is 0 Å². The molecule has 0 radical (unpaired) electrons. The van der Waals surface area contributed by atoms with Gasteiger partial charge in [-0.2, -0.15) is 0 Å². The summed E-state index contributed by atoms with van der Waals surface area (Å²) in [5.74, 6) is 7.95. The first-order chi connectivity index (χ1) is 11.9. The standard InChI is InChI=1S/C23H34S2/c1-14-11-17-13-23(24-9-10-25-23)8-7-18(17)20-15(2)12-22(4)16(3)5-6-19(22)21(14)20/h13-14,16,18-21H,2,5-12H2,1,3-4H3/t14?,16-,18?,19?,20?,21?,22?/m0/s1. The minimum Gasteiger partial charge on any atom is -0.139 e. The highest BCUT2D eigenvalue weighted by Crippen LogP contribution is 2.67. The van der Waals surface area contributed by atoms with Gasteiger partial charge in [0.15, 0.2) is 0 Å². The Bertz CT molecular complexity index is 614. The van der Waals surface area contributed by atoms with Gasteiger partial charge in [-0.15, -0.1) is 23.5 Å². The lowest BCUT2D eigenvalue weighted by molar-refractivity contribution is -0.00881. The maximum Gasteiger partial charge on any atom is 0.0794 e. The molecule has 1 saturated heterocycles. The summed E-state index contributed by atoms with van der Waals surface area (Å²) in [4.78, 5) is 0. The van der Waals surface area contributed by atoms with Gasteiger partial charge in [0, 0.05) is 11.5 Å². The third kappa shape index (κ3) is 2.42. The molecule has 3 saturated carbocycles. The van der Waals surface area contributed by atoms with Crippen LogP contribution in [0.4, 0.5) is 0 Å². The Morgan fingerprint density at radius 1 is 1.12 bits per heavy atom. The van der Waals surface area contributed by atoms with Crippen molar-refractivity contribution in [2.24, 2.45) is 40.9 Å². The first-order valence-electron chi connectivity index (χ1n) is 10.6. The minimum atomic E-state index is 0.449. The Labute approximate surface area is 163 Å². The van der Waals surface area contributed by atoms with E-state index in [1.165, 1.54) is 50.0 Å². The zero-order chi connectivity index (χ0) is 17.4. The second kappa shape index (κ2) is 5.84. The van der Waals surface area contributed by atoms with Gasteiger partial charge >= 0.3 is 0 Å². The molecule has 0 aromatic heterocycles. The second-order valence-corrected chi connectivity index (χ2v) is 13.2. The lowest BCUT2D eigenvalue weighted by Crippen LogP contribution is -2.50. The van der Waals surface area contributed by atoms with Crippen LogP contribution in [-0.4, -0.2) is 15.6 Å². The highest BCUT2D eigenvalue weighted by molar-refractivity contribution is 8.21. The molecule has 0 bridgehead atoms. The molecule has 25 heavy (non-hydrogen) atoms. The number of fused-ring (bicyclic) bond motifs is 5. The molecule has 6 unspecified atom stereocenters. The summed E-state index contributed by atoms with van der Waals surface area (Å²) in [6.45, 7) is 12.4. The molecule has 1 spiro atoms. The molecule has 0 nitrogen and oxygen atoms in total. The number of hydrogen-bond donors (Lipinski definition) is 0. The quantitative estimate of drug-likeness (QED) is 0.428. The van der Waals surface area contributed by atoms with Crippen molar-refractivity contribution < 1.29 is 0 Å². The summed E-state index contributed by atoms with van der Waals surface area (Å²) < 4.78 is 0.449. The lowest BCUT2D eigenvalue weighted by atomic mass is 9.48. The molecule has 0 N–H and O–H groups in total. The third-order valence-electron chi connectivity index (χ3n) is 8.95. The summed E-state index contributed by atoms with van der Waals surface area (Å²) in [5, 5.41) is 0. The highest BCUT2D eigenvalue weighted by atomic mass is 32.2. The van der Waals surface area contributed by atoms with Crippen molar-refractivity contribution in [2.45, 2.75) is 63.4 Å². The predicted molar refractivity (Wildman–Crippen MR) is 113 cm³/mol. The molecular weight excluding hydrogens is 340 g/mol. The first-order valence-corrected chi connectivity index (χ1v) is 12.6. The van der Waals surface area contributed by atoms with Gasteiger partial charge in [-0.3, -0.25) is 0 Å². The summed E-state index contributed by atoms with van der Waals surface area (Å²) in [6, 6.07) is 0. The van der Waals surface area contributed by atoms with E-state index in [1.54, 1.807) is 5.57 Å². The molecule has 0 aromatic rings. The van der Waals surface area contributed by atoms with Crippen molar-refractivity contribution in [3.63, 3.8) is 0 Å². The van der Waals surface area contributed by atoms with E-state index in [0.717, 1.165) is 35.5 Å². The molecule has 7 atom stereocenters. The molecule has 5 aliphatic rings. The van der Waals surface area contributed by atoms with Crippen LogP contribution >= 0.6 is 23.5 Å². The van der Waals surface area contributed by atoms with Crippen LogP contribution in [0.3, 0.4) is 0 Å². The third-order valence-corrected chi connectivity index (χ3v) is 12.4. The fraction of sp³-hybridized carbons (Fsp3) is 0.826. The average Bonchev–Trinajstić information content (AvgIpc) is 3.12. The molecule has 5 rings (SSSR count). The fourth-order valence-corrected chi connectivity index (χ4v) is 10.8. The Morgan fingerprint density at radius 2 is 1.88 bits per heavy atom. The van der Waals surface area contributed by atoms with Crippen LogP contribution in [0.5, 0.6) is 0 Å². The number of allylic oxidation sites excluding steroid dienone is 2. The largest absolute Gasteiger partial charge is 0.139 e. The van der Waals surface area contributed by atoms with Gasteiger partial charge in [-0.05, 0) is 79.4 Å². The molecule has 138 valence electrons. The Hall–Kier alpha value is 0.180. The van der Waals surface area contributed by atoms with Crippen LogP contribution in [0.2, 0.25) is 0 Å². The summed E-state index contributed by atoms with van der Waals surface area (Å²) in [5.41, 5.74) is 4.00. The molecule has 1 heterocycles. The summed E-state index contributed by atoms with van der Waals surface area (Å²) in [6.07, 6.45) is 11.2. The van der Waals surface area contributed by atoms with E-state index >= 15 is 0 Å². The van der Waals surface area contributed by atoms with Gasteiger partial charge < -0.3 is 0 Å². The van der Waals surface area contributed by atoms with Crippen LogP contribution < -0.4 is 0 Å². The van der Waals surface area contributed by atoms with Crippen molar-refractivity contribution >= 4 is 23.5 Å². The van der Waals surface area contributed by atoms with Crippen molar-refractivity contribution in [1.82, 2.24) is 0 Å². The first kappa shape index (κ1) is 17.3. The molecule has 4 fully saturated rings. The van der Waals surface area contributed by atoms with Crippen molar-refractivity contribution in [3.8, 4) is 0 Å². The molecule has 2 heteroatoms. The van der Waals surface area contributed by atoms with Crippen molar-refractivity contribution in [3.05, 3.63) is 23.8 Å². The molecule has 4 aliphatic carbocycles. The van der Waals surface area contributed by atoms with E-state index in [1.807, 2.05) is 5.57 Å². The van der Waals surface area contributed by atoms with Crippen LogP contribution in [0, 0.1) is 40.9 Å². The topological polar surface area (TPSA) is 0 Å². The van der Waals surface area contributed by atoms with E-state index < -0.39 is 0 Å². The minimum absolute atomic E-state index is 0.449. The van der Waals surface area contributed by atoms with Gasteiger partial charge in [-0.25, -0.2) is 0 Å². The van der Waals surface area contributed by atoms with Crippen molar-refractivity contribution in [1.29, 1.82) is 0 Å². The van der Waals surface area contributed by atoms with Crippen molar-refractivity contribution in [2.75, 3.05) is 11.5 Å². The molecule has 0 amide bonds. The van der Waals surface area contributed by atoms with Gasteiger partial charge in [0.2, 0.25) is 0 Å². The maximum atomic E-state index is 4.72. The normalized spacial score (nSPS) is 51.0. The van der Waals surface area contributed by atoms with E-state index in [2.05, 4.69) is 50.4 Å². The number of rotatable bonds is 0. The van der Waals surface area contributed by atoms with E-state index in [9.17, 15) is 0 Å². The Morgan fingerprint density at radius 3 is 2.64 bits per heavy atom. The zero-order valence-corrected chi connectivity index (χ0v) is 17.9. The maximum absolute atomic E-state index is 4.72. The second-order valence-electron chi connectivity index (χ2n) is 10.1. The predicted octanol–water partition coefficient (Wildman–Crippen LogP) is 6.78. The number of thioether (sulfide) groups is 2. The summed E-state index contributed by atoms with van der Waals surface area (Å²) >= 11 is 4.46. The highest BCUT2D eigenvalue weighted by Gasteiger charge is 2.58. The van der Waals surface area contributed by atoms with Gasteiger partial charge in [0.25, 0.3) is 0 Å². The van der Waals surface area contributed by atoms with E-state index in [4.69, 9.17) is 6.58 Å². The lowest BCUT2D eigenvalue weighted by Gasteiger charge is -2.57. The number of hydrogen-bond acceptors (Lipinski definition) is 2. The Balaban J connectivity index is 1.51. The smallest absolute Gasteiger partial charge is 0.0794 e. The fourth-order valence-electron chi connectivity index (χ4n) is 7.66. The van der Waals surface area contributed by atoms with Crippen LogP contribution in [0.1, 0.15) is 59.3 Å². The molecule has 1 aliphatic heterocycles. The SMILES string of the molecule is C=C1CC2(C)C(CC[C@@H]2C)C2C(C)CC3=CC4(CCC3C12)SCCS4. The van der Waals surface area contributed by atoms with E-state index in [0.29, 0.717) is 9.49 Å². The average molecular weight is 375 g/mol. The zero-order valence-electron chi connectivity index (χ0n) is 16.2. The Kier molecular flexibility index (Phi) is 4.04. The van der Waals surface area contributed by atoms with E-state index in [-0.39, 0.29) is 0 Å². The summed E-state index contributed by atoms with van der Waals surface area (Å²) in [7, 11) is 0. The van der Waals surface area contributed by atoms with Gasteiger partial charge in [0.05, 0.1) is 4.08 Å². The van der Waals surface area contributed by atoms with Gasteiger partial charge in [0.1, 0.15) is 0 Å².